The van der Waals surface area contributed by atoms with E-state index in [2.05, 4.69) is 16.6 Å². The van der Waals surface area contributed by atoms with E-state index in [0.29, 0.717) is 13.0 Å². The van der Waals surface area contributed by atoms with Crippen molar-refractivity contribution in [1.29, 1.82) is 0 Å². The first-order valence-corrected chi connectivity index (χ1v) is 7.92. The van der Waals surface area contributed by atoms with Gasteiger partial charge in [-0.05, 0) is 45.6 Å². The first-order chi connectivity index (χ1) is 10.8. The number of allylic oxidation sites excluding steroid dienone is 1. The lowest BCUT2D eigenvalue weighted by Gasteiger charge is -2.28. The number of amides is 1. The second kappa shape index (κ2) is 8.58. The normalized spacial score (nSPS) is 18.9. The van der Waals surface area contributed by atoms with Gasteiger partial charge < -0.3 is 9.64 Å². The van der Waals surface area contributed by atoms with Crippen molar-refractivity contribution in [1.82, 2.24) is 4.90 Å². The third-order valence-corrected chi connectivity index (χ3v) is 3.65. The average Bonchev–Trinajstić information content (AvgIpc) is 2.90. The van der Waals surface area contributed by atoms with Gasteiger partial charge >= 0.3 is 5.97 Å². The molecule has 1 unspecified atom stereocenters. The van der Waals surface area contributed by atoms with Crippen molar-refractivity contribution < 1.29 is 14.3 Å². The molecule has 0 aromatic carbocycles. The van der Waals surface area contributed by atoms with Crippen molar-refractivity contribution in [3.8, 4) is 0 Å². The number of hydrogen-bond donors (Lipinski definition) is 0. The van der Waals surface area contributed by atoms with Gasteiger partial charge in [-0.3, -0.25) is 9.59 Å². The van der Waals surface area contributed by atoms with Crippen molar-refractivity contribution in [2.75, 3.05) is 13.1 Å². The van der Waals surface area contributed by atoms with Crippen LogP contribution >= 0.6 is 0 Å². The molecule has 0 bridgehead atoms. The lowest BCUT2D eigenvalue weighted by Crippen LogP contribution is -2.42. The fourth-order valence-corrected chi connectivity index (χ4v) is 2.74. The molecule has 0 saturated carbocycles. The number of esters is 1. The third kappa shape index (κ3) is 6.32. The van der Waals surface area contributed by atoms with E-state index in [1.807, 2.05) is 0 Å². The quantitative estimate of drug-likeness (QED) is 0.237. The van der Waals surface area contributed by atoms with E-state index in [-0.39, 0.29) is 30.9 Å². The van der Waals surface area contributed by atoms with E-state index in [9.17, 15) is 9.59 Å². The Morgan fingerprint density at radius 2 is 2.22 bits per heavy atom. The molecule has 1 aliphatic heterocycles. The lowest BCUT2D eigenvalue weighted by molar-refractivity contribution is -0.158. The minimum atomic E-state index is -0.573. The van der Waals surface area contributed by atoms with Crippen molar-refractivity contribution in [3.05, 3.63) is 23.1 Å². The Kier molecular flexibility index (Phi) is 7.10. The van der Waals surface area contributed by atoms with Crippen LogP contribution in [0.25, 0.3) is 10.4 Å². The predicted octanol–water partition coefficient (Wildman–Crippen LogP) is 3.21. The van der Waals surface area contributed by atoms with Crippen LogP contribution in [-0.4, -0.2) is 41.5 Å². The number of ether oxygens (including phenoxy) is 1. The Hall–Kier alpha value is -2.01. The number of nitrogens with zero attached hydrogens (tertiary/aromatic N) is 4. The maximum atomic E-state index is 12.7. The van der Waals surface area contributed by atoms with Gasteiger partial charge in [0.2, 0.25) is 5.91 Å². The van der Waals surface area contributed by atoms with Gasteiger partial charge in [0.25, 0.3) is 0 Å². The van der Waals surface area contributed by atoms with Gasteiger partial charge in [0, 0.05) is 24.0 Å². The van der Waals surface area contributed by atoms with Gasteiger partial charge in [0.1, 0.15) is 5.60 Å². The van der Waals surface area contributed by atoms with Crippen LogP contribution in [0.1, 0.15) is 46.5 Å². The summed E-state index contributed by atoms with van der Waals surface area (Å²) < 4.78 is 5.31. The van der Waals surface area contributed by atoms with Crippen LogP contribution in [-0.2, 0) is 14.3 Å². The Morgan fingerprint density at radius 3 is 2.78 bits per heavy atom. The molecule has 23 heavy (non-hydrogen) atoms. The average molecular weight is 322 g/mol. The first-order valence-electron chi connectivity index (χ1n) is 7.92. The van der Waals surface area contributed by atoms with Crippen molar-refractivity contribution in [2.45, 2.75) is 58.1 Å². The number of rotatable bonds is 7. The van der Waals surface area contributed by atoms with Crippen LogP contribution < -0.4 is 0 Å². The van der Waals surface area contributed by atoms with Crippen molar-refractivity contribution in [2.24, 2.45) is 11.0 Å². The van der Waals surface area contributed by atoms with E-state index >= 15 is 0 Å². The van der Waals surface area contributed by atoms with Crippen LogP contribution in [0.4, 0.5) is 0 Å². The molecular formula is C16H26N4O3. The zero-order valence-corrected chi connectivity index (χ0v) is 14.2. The Balaban J connectivity index is 2.75. The zero-order valence-electron chi connectivity index (χ0n) is 14.2. The van der Waals surface area contributed by atoms with Crippen LogP contribution in [0, 0.1) is 5.92 Å². The topological polar surface area (TPSA) is 95.4 Å². The lowest BCUT2D eigenvalue weighted by atomic mass is 9.99. The molecule has 7 nitrogen and oxygen atoms in total. The highest BCUT2D eigenvalue weighted by molar-refractivity contribution is 5.84. The molecule has 1 heterocycles. The number of carbonyl (C=O) groups excluding carboxylic acids is 2. The summed E-state index contributed by atoms with van der Waals surface area (Å²) in [6.45, 7) is 9.97. The predicted molar refractivity (Wildman–Crippen MR) is 87.5 cm³/mol. The molecule has 128 valence electrons. The molecule has 7 heteroatoms. The summed E-state index contributed by atoms with van der Waals surface area (Å²) in [6, 6.07) is -0.0793. The van der Waals surface area contributed by atoms with Crippen LogP contribution in [0.15, 0.2) is 17.8 Å². The first kappa shape index (κ1) is 19.0. The number of azide groups is 1. The van der Waals surface area contributed by atoms with E-state index in [0.717, 1.165) is 12.8 Å². The molecule has 1 saturated heterocycles. The summed E-state index contributed by atoms with van der Waals surface area (Å²) in [7, 11) is 0. The summed E-state index contributed by atoms with van der Waals surface area (Å²) in [5, 5.41) is 3.58. The molecule has 1 aliphatic rings. The Bertz CT molecular complexity index is 492. The second-order valence-electron chi connectivity index (χ2n) is 6.75. The van der Waals surface area contributed by atoms with Crippen molar-refractivity contribution >= 4 is 11.9 Å². The summed E-state index contributed by atoms with van der Waals surface area (Å²) in [5.41, 5.74) is 7.88. The van der Waals surface area contributed by atoms with E-state index in [1.165, 1.54) is 0 Å². The van der Waals surface area contributed by atoms with Gasteiger partial charge in [-0.25, -0.2) is 0 Å². The second-order valence-corrected chi connectivity index (χ2v) is 6.75. The standard InChI is InChI=1S/C16H26N4O3/c1-5-7-12(10-14(21)23-16(2,3)4)15(22)20-9-6-8-13(20)11-18-19-17/h5,12-13H,1,6-11H2,2-4H3/t12?,13-/m0/s1. The maximum Gasteiger partial charge on any atom is 0.307 e. The molecule has 0 N–H and O–H groups in total. The summed E-state index contributed by atoms with van der Waals surface area (Å²) in [5.74, 6) is -0.955. The largest absolute Gasteiger partial charge is 0.460 e. The molecule has 0 aromatic rings. The molecule has 0 spiro atoms. The van der Waals surface area contributed by atoms with Gasteiger partial charge in [-0.1, -0.05) is 11.2 Å². The Morgan fingerprint density at radius 1 is 1.52 bits per heavy atom. The molecule has 1 amide bonds. The highest BCUT2D eigenvalue weighted by atomic mass is 16.6. The molecule has 0 aromatic heterocycles. The van der Waals surface area contributed by atoms with Gasteiger partial charge in [0.05, 0.1) is 12.3 Å². The molecule has 2 atom stereocenters. The molecule has 0 radical (unpaired) electrons. The minimum absolute atomic E-state index is 0.0346. The number of carbonyl (C=O) groups is 2. The highest BCUT2D eigenvalue weighted by Gasteiger charge is 2.34. The molecule has 0 aliphatic carbocycles. The molecule has 1 rings (SSSR count). The Labute approximate surface area is 137 Å². The monoisotopic (exact) mass is 322 g/mol. The van der Waals surface area contributed by atoms with E-state index in [4.69, 9.17) is 10.3 Å². The number of likely N-dealkylation sites (tertiary alicyclic amines) is 1. The fraction of sp³-hybridized carbons (Fsp3) is 0.750. The van der Waals surface area contributed by atoms with E-state index in [1.54, 1.807) is 31.7 Å². The number of hydrogen-bond acceptors (Lipinski definition) is 4. The SMILES string of the molecule is C=CCC(CC(=O)OC(C)(C)C)C(=O)N1CCC[C@H]1CN=[N+]=[N-]. The summed E-state index contributed by atoms with van der Waals surface area (Å²) >= 11 is 0. The van der Waals surface area contributed by atoms with Crippen molar-refractivity contribution in [3.63, 3.8) is 0 Å². The highest BCUT2D eigenvalue weighted by Crippen LogP contribution is 2.24. The van der Waals surface area contributed by atoms with Crippen LogP contribution in [0.3, 0.4) is 0 Å². The van der Waals surface area contributed by atoms with Crippen LogP contribution in [0.2, 0.25) is 0 Å². The van der Waals surface area contributed by atoms with Gasteiger partial charge in [-0.15, -0.1) is 6.58 Å². The smallest absolute Gasteiger partial charge is 0.307 e. The van der Waals surface area contributed by atoms with Crippen LogP contribution in [0.5, 0.6) is 0 Å². The van der Waals surface area contributed by atoms with Gasteiger partial charge in [-0.2, -0.15) is 0 Å². The van der Waals surface area contributed by atoms with Gasteiger partial charge in [0.15, 0.2) is 0 Å². The fourth-order valence-electron chi connectivity index (χ4n) is 2.74. The zero-order chi connectivity index (χ0) is 17.5. The summed E-state index contributed by atoms with van der Waals surface area (Å²) in [6.07, 6.45) is 3.80. The molecule has 1 fully saturated rings. The third-order valence-electron chi connectivity index (χ3n) is 3.65. The maximum absolute atomic E-state index is 12.7. The minimum Gasteiger partial charge on any atom is -0.460 e. The molecular weight excluding hydrogens is 296 g/mol. The van der Waals surface area contributed by atoms with E-state index < -0.39 is 11.5 Å². The summed E-state index contributed by atoms with van der Waals surface area (Å²) in [4.78, 5) is 29.3.